The number of rotatable bonds is 4. The standard InChI is InChI=1S/C12H21N5O2/c1-3-17-10(6-9(2)14-17)7-16-4-5-19-11(8-16)12(13)15-18/h6,11,18H,3-5,7-8H2,1-2H3,(H2,13,15). The maximum Gasteiger partial charge on any atom is 0.169 e. The third kappa shape index (κ3) is 3.24. The molecule has 1 aromatic rings. The van der Waals surface area contributed by atoms with E-state index in [-0.39, 0.29) is 11.9 Å². The van der Waals surface area contributed by atoms with Gasteiger partial charge in [0.2, 0.25) is 0 Å². The molecule has 1 aliphatic rings. The Bertz CT molecular complexity index is 457. The zero-order chi connectivity index (χ0) is 13.8. The van der Waals surface area contributed by atoms with E-state index in [9.17, 15) is 0 Å². The number of nitrogens with two attached hydrogens (primary N) is 1. The molecule has 0 radical (unpaired) electrons. The van der Waals surface area contributed by atoms with E-state index in [1.54, 1.807) is 0 Å². The lowest BCUT2D eigenvalue weighted by Gasteiger charge is -2.32. The predicted octanol–water partition coefficient (Wildman–Crippen LogP) is 0.159. The van der Waals surface area contributed by atoms with Crippen LogP contribution in [-0.2, 0) is 17.8 Å². The molecule has 2 rings (SSSR count). The molecule has 1 unspecified atom stereocenters. The van der Waals surface area contributed by atoms with Crippen LogP contribution in [0.25, 0.3) is 0 Å². The summed E-state index contributed by atoms with van der Waals surface area (Å²) in [5, 5.41) is 16.2. The van der Waals surface area contributed by atoms with Crippen molar-refractivity contribution in [2.45, 2.75) is 33.0 Å². The molecule has 0 aromatic carbocycles. The van der Waals surface area contributed by atoms with Gasteiger partial charge < -0.3 is 15.7 Å². The molecule has 1 atom stereocenters. The van der Waals surface area contributed by atoms with E-state index in [0.29, 0.717) is 13.2 Å². The summed E-state index contributed by atoms with van der Waals surface area (Å²) < 4.78 is 7.48. The van der Waals surface area contributed by atoms with E-state index in [0.717, 1.165) is 25.3 Å². The summed E-state index contributed by atoms with van der Waals surface area (Å²) in [6.45, 7) is 7.78. The zero-order valence-corrected chi connectivity index (χ0v) is 11.4. The molecule has 0 bridgehead atoms. The zero-order valence-electron chi connectivity index (χ0n) is 11.4. The fraction of sp³-hybridized carbons (Fsp3) is 0.667. The van der Waals surface area contributed by atoms with E-state index in [4.69, 9.17) is 15.7 Å². The fourth-order valence-electron chi connectivity index (χ4n) is 2.32. The van der Waals surface area contributed by atoms with Gasteiger partial charge in [0, 0.05) is 26.2 Å². The number of aryl methyl sites for hydroxylation is 2. The molecule has 1 aromatic heterocycles. The minimum absolute atomic E-state index is 0.130. The molecule has 0 amide bonds. The summed E-state index contributed by atoms with van der Waals surface area (Å²) in [6.07, 6.45) is -0.335. The lowest BCUT2D eigenvalue weighted by atomic mass is 10.2. The molecular weight excluding hydrogens is 246 g/mol. The SMILES string of the molecule is CCn1nc(C)cc1CN1CCOC(C(N)=NO)C1. The Morgan fingerprint density at radius 1 is 1.68 bits per heavy atom. The number of hydrogen-bond acceptors (Lipinski definition) is 5. The van der Waals surface area contributed by atoms with Crippen LogP contribution >= 0.6 is 0 Å². The maximum absolute atomic E-state index is 8.70. The summed E-state index contributed by atoms with van der Waals surface area (Å²) in [5.41, 5.74) is 7.80. The summed E-state index contributed by atoms with van der Waals surface area (Å²) in [7, 11) is 0. The second kappa shape index (κ2) is 6.03. The number of morpholine rings is 1. The van der Waals surface area contributed by atoms with Crippen LogP contribution in [-0.4, -0.2) is 51.5 Å². The van der Waals surface area contributed by atoms with Gasteiger partial charge >= 0.3 is 0 Å². The highest BCUT2D eigenvalue weighted by Gasteiger charge is 2.24. The number of amidine groups is 1. The highest BCUT2D eigenvalue weighted by Crippen LogP contribution is 2.12. The summed E-state index contributed by atoms with van der Waals surface area (Å²) >= 11 is 0. The van der Waals surface area contributed by atoms with Crippen LogP contribution in [0.3, 0.4) is 0 Å². The Balaban J connectivity index is 2.02. The third-order valence-corrected chi connectivity index (χ3v) is 3.27. The summed E-state index contributed by atoms with van der Waals surface area (Å²) in [6, 6.07) is 2.09. The van der Waals surface area contributed by atoms with Crippen LogP contribution in [0.15, 0.2) is 11.2 Å². The van der Waals surface area contributed by atoms with Crippen LogP contribution in [0.4, 0.5) is 0 Å². The van der Waals surface area contributed by atoms with Gasteiger partial charge in [-0.3, -0.25) is 9.58 Å². The Kier molecular flexibility index (Phi) is 4.39. The smallest absolute Gasteiger partial charge is 0.169 e. The summed E-state index contributed by atoms with van der Waals surface area (Å²) in [5.74, 6) is 0.130. The number of nitrogens with zero attached hydrogens (tertiary/aromatic N) is 4. The Morgan fingerprint density at radius 3 is 3.16 bits per heavy atom. The van der Waals surface area contributed by atoms with Crippen molar-refractivity contribution in [3.8, 4) is 0 Å². The van der Waals surface area contributed by atoms with E-state index < -0.39 is 0 Å². The van der Waals surface area contributed by atoms with Gasteiger partial charge in [-0.15, -0.1) is 0 Å². The fourth-order valence-corrected chi connectivity index (χ4v) is 2.32. The van der Waals surface area contributed by atoms with Crippen molar-refractivity contribution in [1.29, 1.82) is 0 Å². The average molecular weight is 267 g/mol. The van der Waals surface area contributed by atoms with Gasteiger partial charge in [-0.05, 0) is 19.9 Å². The second-order valence-corrected chi connectivity index (χ2v) is 4.71. The van der Waals surface area contributed by atoms with Crippen LogP contribution in [0, 0.1) is 6.92 Å². The monoisotopic (exact) mass is 267 g/mol. The molecule has 3 N–H and O–H groups in total. The Hall–Kier alpha value is -1.60. The number of oxime groups is 1. The lowest BCUT2D eigenvalue weighted by Crippen LogP contribution is -2.48. The molecule has 0 aliphatic carbocycles. The van der Waals surface area contributed by atoms with Gasteiger partial charge in [-0.25, -0.2) is 0 Å². The van der Waals surface area contributed by atoms with Crippen molar-refractivity contribution in [2.24, 2.45) is 10.9 Å². The second-order valence-electron chi connectivity index (χ2n) is 4.71. The first-order valence-corrected chi connectivity index (χ1v) is 6.48. The molecule has 0 saturated carbocycles. The highest BCUT2D eigenvalue weighted by atomic mass is 16.5. The van der Waals surface area contributed by atoms with Crippen molar-refractivity contribution >= 4 is 5.84 Å². The van der Waals surface area contributed by atoms with Gasteiger partial charge in [0.05, 0.1) is 18.0 Å². The van der Waals surface area contributed by atoms with Crippen LogP contribution in [0.1, 0.15) is 18.3 Å². The van der Waals surface area contributed by atoms with Gasteiger partial charge in [-0.2, -0.15) is 5.10 Å². The molecule has 0 spiro atoms. The van der Waals surface area contributed by atoms with E-state index in [1.165, 1.54) is 5.69 Å². The Morgan fingerprint density at radius 2 is 2.47 bits per heavy atom. The van der Waals surface area contributed by atoms with E-state index in [1.807, 2.05) is 11.6 Å². The number of aromatic nitrogens is 2. The van der Waals surface area contributed by atoms with Crippen molar-refractivity contribution < 1.29 is 9.94 Å². The molecule has 1 fully saturated rings. The van der Waals surface area contributed by atoms with Crippen LogP contribution in [0.5, 0.6) is 0 Å². The van der Waals surface area contributed by atoms with Crippen molar-refractivity contribution in [3.63, 3.8) is 0 Å². The van der Waals surface area contributed by atoms with Crippen LogP contribution in [0.2, 0.25) is 0 Å². The predicted molar refractivity (Wildman–Crippen MR) is 71.1 cm³/mol. The lowest BCUT2D eigenvalue weighted by molar-refractivity contribution is 0.000511. The van der Waals surface area contributed by atoms with Gasteiger partial charge in [0.15, 0.2) is 5.84 Å². The maximum atomic E-state index is 8.70. The minimum Gasteiger partial charge on any atom is -0.409 e. The topological polar surface area (TPSA) is 88.9 Å². The molecule has 2 heterocycles. The molecular formula is C12H21N5O2. The first-order chi connectivity index (χ1) is 9.13. The Labute approximate surface area is 112 Å². The minimum atomic E-state index is -0.335. The van der Waals surface area contributed by atoms with Crippen LogP contribution < -0.4 is 5.73 Å². The van der Waals surface area contributed by atoms with E-state index in [2.05, 4.69) is 28.1 Å². The first-order valence-electron chi connectivity index (χ1n) is 6.48. The van der Waals surface area contributed by atoms with Crippen molar-refractivity contribution in [1.82, 2.24) is 14.7 Å². The van der Waals surface area contributed by atoms with Crippen molar-refractivity contribution in [3.05, 3.63) is 17.5 Å². The molecule has 7 nitrogen and oxygen atoms in total. The molecule has 7 heteroatoms. The van der Waals surface area contributed by atoms with Gasteiger partial charge in [-0.1, -0.05) is 5.16 Å². The molecule has 1 saturated heterocycles. The normalized spacial score (nSPS) is 21.8. The molecule has 19 heavy (non-hydrogen) atoms. The number of ether oxygens (including phenoxy) is 1. The quantitative estimate of drug-likeness (QED) is 0.351. The average Bonchev–Trinajstić information content (AvgIpc) is 2.78. The van der Waals surface area contributed by atoms with E-state index >= 15 is 0 Å². The molecule has 106 valence electrons. The highest BCUT2D eigenvalue weighted by molar-refractivity contribution is 5.84. The largest absolute Gasteiger partial charge is 0.409 e. The first kappa shape index (κ1) is 13.8. The number of hydrogen-bond donors (Lipinski definition) is 2. The summed E-state index contributed by atoms with van der Waals surface area (Å²) in [4.78, 5) is 2.23. The third-order valence-electron chi connectivity index (χ3n) is 3.27. The molecule has 1 aliphatic heterocycles. The van der Waals surface area contributed by atoms with Gasteiger partial charge in [0.1, 0.15) is 6.10 Å². The van der Waals surface area contributed by atoms with Gasteiger partial charge in [0.25, 0.3) is 0 Å². The van der Waals surface area contributed by atoms with Crippen molar-refractivity contribution in [2.75, 3.05) is 19.7 Å².